The van der Waals surface area contributed by atoms with Crippen molar-refractivity contribution in [3.8, 4) is 0 Å². The highest BCUT2D eigenvalue weighted by molar-refractivity contribution is 6.36. The van der Waals surface area contributed by atoms with Crippen LogP contribution >= 0.6 is 23.2 Å². The molecule has 3 aromatic rings. The molecule has 0 unspecified atom stereocenters. The molecular weight excluding hydrogens is 521 g/mol. The summed E-state index contributed by atoms with van der Waals surface area (Å²) < 4.78 is 0. The van der Waals surface area contributed by atoms with Crippen LogP contribution in [0.1, 0.15) is 56.0 Å². The molecule has 6 nitrogen and oxygen atoms in total. The summed E-state index contributed by atoms with van der Waals surface area (Å²) in [4.78, 5) is 43.2. The maximum absolute atomic E-state index is 13.6. The summed E-state index contributed by atoms with van der Waals surface area (Å²) in [7, 11) is 0. The average Bonchev–Trinajstić information content (AvgIpc) is 3.17. The Kier molecular flexibility index (Phi) is 8.95. The van der Waals surface area contributed by atoms with Crippen LogP contribution in [0.3, 0.4) is 0 Å². The number of rotatable bonds is 11. The molecular formula is C30H33Cl2N3O3. The third-order valence-corrected chi connectivity index (χ3v) is 7.59. The third-order valence-electron chi connectivity index (χ3n) is 6.88. The van der Waals surface area contributed by atoms with Crippen molar-refractivity contribution in [1.82, 2.24) is 10.2 Å². The van der Waals surface area contributed by atoms with Gasteiger partial charge < -0.3 is 15.1 Å². The van der Waals surface area contributed by atoms with E-state index >= 15 is 0 Å². The Morgan fingerprint density at radius 2 is 1.66 bits per heavy atom. The van der Waals surface area contributed by atoms with Crippen LogP contribution in [0.4, 0.5) is 5.69 Å². The normalized spacial score (nSPS) is 13.3. The topological polar surface area (TPSA) is 69.7 Å². The van der Waals surface area contributed by atoms with Gasteiger partial charge in [-0.15, -0.1) is 0 Å². The summed E-state index contributed by atoms with van der Waals surface area (Å²) in [6, 6.07) is 16.1. The van der Waals surface area contributed by atoms with Crippen LogP contribution in [0.5, 0.6) is 0 Å². The fraction of sp³-hybridized carbons (Fsp3) is 0.367. The molecule has 0 aliphatic carbocycles. The molecule has 200 valence electrons. The Labute approximate surface area is 233 Å². The van der Waals surface area contributed by atoms with Crippen LogP contribution in [0, 0.1) is 5.92 Å². The highest BCUT2D eigenvalue weighted by atomic mass is 35.5. The van der Waals surface area contributed by atoms with Crippen molar-refractivity contribution in [2.24, 2.45) is 5.92 Å². The van der Waals surface area contributed by atoms with Gasteiger partial charge in [0, 0.05) is 52.6 Å². The van der Waals surface area contributed by atoms with E-state index in [0.717, 1.165) is 16.5 Å². The van der Waals surface area contributed by atoms with E-state index in [0.29, 0.717) is 47.1 Å². The lowest BCUT2D eigenvalue weighted by atomic mass is 10.1. The van der Waals surface area contributed by atoms with Gasteiger partial charge in [-0.05, 0) is 48.4 Å². The van der Waals surface area contributed by atoms with Crippen molar-refractivity contribution in [3.05, 3.63) is 75.8 Å². The number of benzene rings is 3. The van der Waals surface area contributed by atoms with Crippen LogP contribution in [-0.2, 0) is 16.1 Å². The number of halogens is 2. The predicted molar refractivity (Wildman–Crippen MR) is 154 cm³/mol. The number of anilines is 1. The van der Waals surface area contributed by atoms with Crippen molar-refractivity contribution in [3.63, 3.8) is 0 Å². The summed E-state index contributed by atoms with van der Waals surface area (Å²) in [5.74, 6) is -0.155. The number of hydrogen-bond acceptors (Lipinski definition) is 3. The zero-order chi connectivity index (χ0) is 27.4. The van der Waals surface area contributed by atoms with Gasteiger partial charge in [0.25, 0.3) is 5.91 Å². The SMILES string of the molecule is CC[C@@H](C(=O)NCC(C)C)N(Cc1c(Cl)cccc1Cl)C(=O)CCCN1C(=O)c2cccc3cccc1c23. The average molecular weight is 555 g/mol. The summed E-state index contributed by atoms with van der Waals surface area (Å²) in [5, 5.41) is 5.83. The first-order chi connectivity index (χ1) is 18.2. The van der Waals surface area contributed by atoms with E-state index in [2.05, 4.69) is 5.32 Å². The summed E-state index contributed by atoms with van der Waals surface area (Å²) >= 11 is 12.9. The van der Waals surface area contributed by atoms with Gasteiger partial charge in [0.15, 0.2) is 0 Å². The van der Waals surface area contributed by atoms with Crippen molar-refractivity contribution < 1.29 is 14.4 Å². The van der Waals surface area contributed by atoms with Crippen molar-refractivity contribution in [2.45, 2.75) is 52.6 Å². The second-order valence-corrected chi connectivity index (χ2v) is 10.8. The molecule has 1 aliphatic rings. The minimum Gasteiger partial charge on any atom is -0.354 e. The molecule has 0 spiro atoms. The quantitative estimate of drug-likeness (QED) is 0.296. The van der Waals surface area contributed by atoms with Gasteiger partial charge in [-0.2, -0.15) is 0 Å². The first-order valence-electron chi connectivity index (χ1n) is 13.1. The molecule has 1 N–H and O–H groups in total. The number of nitrogens with one attached hydrogen (secondary N) is 1. The van der Waals surface area contributed by atoms with Crippen LogP contribution in [-0.4, -0.2) is 41.8 Å². The van der Waals surface area contributed by atoms with Gasteiger partial charge in [0.1, 0.15) is 6.04 Å². The van der Waals surface area contributed by atoms with Crippen LogP contribution in [0.2, 0.25) is 10.0 Å². The lowest BCUT2D eigenvalue weighted by Gasteiger charge is -2.31. The van der Waals surface area contributed by atoms with Gasteiger partial charge >= 0.3 is 0 Å². The fourth-order valence-electron chi connectivity index (χ4n) is 4.93. The minimum absolute atomic E-state index is 0.0524. The van der Waals surface area contributed by atoms with Crippen LogP contribution in [0.15, 0.2) is 54.6 Å². The van der Waals surface area contributed by atoms with E-state index in [1.165, 1.54) is 0 Å². The molecule has 4 rings (SSSR count). The Balaban J connectivity index is 1.51. The van der Waals surface area contributed by atoms with Gasteiger partial charge in [-0.25, -0.2) is 0 Å². The largest absolute Gasteiger partial charge is 0.354 e. The second kappa shape index (κ2) is 12.2. The second-order valence-electron chi connectivity index (χ2n) is 10.0. The molecule has 1 atom stereocenters. The Morgan fingerprint density at radius 3 is 2.32 bits per heavy atom. The number of carbonyl (C=O) groups excluding carboxylic acids is 3. The minimum atomic E-state index is -0.667. The molecule has 1 heterocycles. The molecule has 0 radical (unpaired) electrons. The highest BCUT2D eigenvalue weighted by Crippen LogP contribution is 2.37. The smallest absolute Gasteiger partial charge is 0.258 e. The Morgan fingerprint density at radius 1 is 1.00 bits per heavy atom. The number of hydrogen-bond donors (Lipinski definition) is 1. The summed E-state index contributed by atoms with van der Waals surface area (Å²) in [5.41, 5.74) is 2.16. The van der Waals surface area contributed by atoms with E-state index < -0.39 is 6.04 Å². The zero-order valence-electron chi connectivity index (χ0n) is 22.0. The van der Waals surface area contributed by atoms with Crippen molar-refractivity contribution in [2.75, 3.05) is 18.0 Å². The van der Waals surface area contributed by atoms with Crippen molar-refractivity contribution in [1.29, 1.82) is 0 Å². The molecule has 3 aromatic carbocycles. The van der Waals surface area contributed by atoms with Crippen LogP contribution in [0.25, 0.3) is 10.8 Å². The van der Waals surface area contributed by atoms with Gasteiger partial charge in [-0.3, -0.25) is 14.4 Å². The zero-order valence-corrected chi connectivity index (χ0v) is 23.5. The van der Waals surface area contributed by atoms with Crippen LogP contribution < -0.4 is 10.2 Å². The molecule has 0 fully saturated rings. The molecule has 8 heteroatoms. The Bertz CT molecular complexity index is 1330. The maximum Gasteiger partial charge on any atom is 0.258 e. The standard InChI is InChI=1S/C30H33Cl2N3O3/c1-4-25(29(37)33-17-19(2)3)35(18-22-23(31)12-7-13-24(22)32)27(36)15-8-16-34-26-14-6-10-20-9-5-11-21(28(20)26)30(34)38/h5-7,9-14,19,25H,4,8,15-18H2,1-3H3,(H,33,37)/t25-/m0/s1. The summed E-state index contributed by atoms with van der Waals surface area (Å²) in [6.07, 6.45) is 1.07. The van der Waals surface area contributed by atoms with E-state index in [1.54, 1.807) is 28.0 Å². The third kappa shape index (κ3) is 5.82. The molecule has 0 saturated heterocycles. The van der Waals surface area contributed by atoms with E-state index in [1.807, 2.05) is 57.2 Å². The van der Waals surface area contributed by atoms with E-state index in [4.69, 9.17) is 23.2 Å². The van der Waals surface area contributed by atoms with E-state index in [-0.39, 0.29) is 36.6 Å². The number of carbonyl (C=O) groups is 3. The fourth-order valence-corrected chi connectivity index (χ4v) is 5.45. The maximum atomic E-state index is 13.6. The molecule has 3 amide bonds. The number of amides is 3. The van der Waals surface area contributed by atoms with Crippen molar-refractivity contribution >= 4 is 57.4 Å². The van der Waals surface area contributed by atoms with Gasteiger partial charge in [0.05, 0.1) is 5.69 Å². The summed E-state index contributed by atoms with van der Waals surface area (Å²) in [6.45, 7) is 6.97. The Hall–Kier alpha value is -3.09. The van der Waals surface area contributed by atoms with Gasteiger partial charge in [0.2, 0.25) is 11.8 Å². The lowest BCUT2D eigenvalue weighted by Crippen LogP contribution is -2.49. The molecule has 1 aliphatic heterocycles. The molecule has 0 aromatic heterocycles. The molecule has 38 heavy (non-hydrogen) atoms. The van der Waals surface area contributed by atoms with Gasteiger partial charge in [-0.1, -0.05) is 74.3 Å². The van der Waals surface area contributed by atoms with E-state index in [9.17, 15) is 14.4 Å². The predicted octanol–water partition coefficient (Wildman–Crippen LogP) is 6.47. The first-order valence-corrected chi connectivity index (χ1v) is 13.8. The highest BCUT2D eigenvalue weighted by Gasteiger charge is 2.32. The number of nitrogens with zero attached hydrogens (tertiary/aromatic N) is 2. The molecule has 0 saturated carbocycles. The monoisotopic (exact) mass is 553 g/mol. The lowest BCUT2D eigenvalue weighted by molar-refractivity contribution is -0.141. The first kappa shape index (κ1) is 27.9. The molecule has 0 bridgehead atoms.